The van der Waals surface area contributed by atoms with Gasteiger partial charge < -0.3 is 18.3 Å². The van der Waals surface area contributed by atoms with E-state index in [-0.39, 0.29) is 6.61 Å². The molecule has 0 aliphatic carbocycles. The van der Waals surface area contributed by atoms with Gasteiger partial charge in [0.15, 0.2) is 6.61 Å². The van der Waals surface area contributed by atoms with Gasteiger partial charge in [-0.15, -0.1) is 10.2 Å². The third-order valence-electron chi connectivity index (χ3n) is 4.73. The third kappa shape index (κ3) is 5.10. The molecule has 0 atom stereocenters. The standard InChI is InChI=1S/C23H24N4O4/c1-16-25-26-22(31-16)15-30-21-7-6-18(20-5-4-9-24-23(20)28-3)11-19(21)13-27(2)12-17-8-10-29-14-17/h4-11,14H,12-13,15H2,1-3H3. The van der Waals surface area contributed by atoms with Crippen molar-refractivity contribution in [3.8, 4) is 22.8 Å². The molecule has 3 aromatic heterocycles. The summed E-state index contributed by atoms with van der Waals surface area (Å²) in [6, 6.07) is 11.9. The molecule has 0 amide bonds. The number of rotatable bonds is 9. The molecule has 0 aliphatic heterocycles. The quantitative estimate of drug-likeness (QED) is 0.397. The molecular formula is C23H24N4O4. The zero-order valence-corrected chi connectivity index (χ0v) is 17.7. The first-order valence-corrected chi connectivity index (χ1v) is 9.86. The SMILES string of the molecule is COc1ncccc1-c1ccc(OCc2nnc(C)o2)c(CN(C)Cc2ccoc2)c1. The van der Waals surface area contributed by atoms with E-state index in [0.717, 1.165) is 34.5 Å². The summed E-state index contributed by atoms with van der Waals surface area (Å²) in [5, 5.41) is 7.85. The normalized spacial score (nSPS) is 11.1. The number of hydrogen-bond acceptors (Lipinski definition) is 8. The van der Waals surface area contributed by atoms with Crippen molar-refractivity contribution in [3.05, 3.63) is 78.0 Å². The predicted molar refractivity (Wildman–Crippen MR) is 113 cm³/mol. The second kappa shape index (κ2) is 9.44. The molecule has 0 N–H and O–H groups in total. The van der Waals surface area contributed by atoms with Gasteiger partial charge in [-0.2, -0.15) is 0 Å². The Balaban J connectivity index is 1.61. The van der Waals surface area contributed by atoms with E-state index >= 15 is 0 Å². The smallest absolute Gasteiger partial charge is 0.253 e. The zero-order chi connectivity index (χ0) is 21.6. The molecule has 0 radical (unpaired) electrons. The molecule has 1 aromatic carbocycles. The summed E-state index contributed by atoms with van der Waals surface area (Å²) in [5.41, 5.74) is 4.04. The van der Waals surface area contributed by atoms with Gasteiger partial charge in [-0.05, 0) is 42.9 Å². The summed E-state index contributed by atoms with van der Waals surface area (Å²) in [7, 11) is 3.67. The molecule has 0 saturated carbocycles. The second-order valence-corrected chi connectivity index (χ2v) is 7.19. The van der Waals surface area contributed by atoms with E-state index in [9.17, 15) is 0 Å². The van der Waals surface area contributed by atoms with Gasteiger partial charge in [-0.3, -0.25) is 4.90 Å². The van der Waals surface area contributed by atoms with Crippen molar-refractivity contribution < 1.29 is 18.3 Å². The first-order chi connectivity index (χ1) is 15.1. The van der Waals surface area contributed by atoms with Gasteiger partial charge in [0.05, 0.1) is 19.6 Å². The molecular weight excluding hydrogens is 396 g/mol. The van der Waals surface area contributed by atoms with Crippen molar-refractivity contribution in [2.45, 2.75) is 26.6 Å². The predicted octanol–water partition coefficient (Wildman–Crippen LogP) is 4.25. The average molecular weight is 420 g/mol. The maximum absolute atomic E-state index is 6.03. The first kappa shape index (κ1) is 20.6. The summed E-state index contributed by atoms with van der Waals surface area (Å²) in [5.74, 6) is 2.28. The molecule has 160 valence electrons. The summed E-state index contributed by atoms with van der Waals surface area (Å²) < 4.78 is 22.1. The van der Waals surface area contributed by atoms with Crippen LogP contribution in [0.5, 0.6) is 11.6 Å². The number of benzene rings is 1. The van der Waals surface area contributed by atoms with Gasteiger partial charge in [-0.25, -0.2) is 4.98 Å². The fourth-order valence-corrected chi connectivity index (χ4v) is 3.36. The van der Waals surface area contributed by atoms with E-state index in [1.54, 1.807) is 32.8 Å². The van der Waals surface area contributed by atoms with E-state index in [4.69, 9.17) is 18.3 Å². The largest absolute Gasteiger partial charge is 0.483 e. The highest BCUT2D eigenvalue weighted by Gasteiger charge is 2.14. The highest BCUT2D eigenvalue weighted by molar-refractivity contribution is 5.70. The van der Waals surface area contributed by atoms with Crippen LogP contribution in [0, 0.1) is 6.92 Å². The summed E-state index contributed by atoms with van der Waals surface area (Å²) in [6.45, 7) is 3.37. The minimum atomic E-state index is 0.203. The Morgan fingerprint density at radius 2 is 2.00 bits per heavy atom. The van der Waals surface area contributed by atoms with Gasteiger partial charge >= 0.3 is 0 Å². The van der Waals surface area contributed by atoms with E-state index in [2.05, 4.69) is 33.2 Å². The van der Waals surface area contributed by atoms with Crippen LogP contribution < -0.4 is 9.47 Å². The molecule has 4 aromatic rings. The van der Waals surface area contributed by atoms with Gasteiger partial charge in [-0.1, -0.05) is 6.07 Å². The maximum atomic E-state index is 6.03. The molecule has 0 unspecified atom stereocenters. The maximum Gasteiger partial charge on any atom is 0.253 e. The van der Waals surface area contributed by atoms with Crippen LogP contribution in [0.2, 0.25) is 0 Å². The monoisotopic (exact) mass is 420 g/mol. The Morgan fingerprint density at radius 3 is 2.74 bits per heavy atom. The van der Waals surface area contributed by atoms with Crippen molar-refractivity contribution in [2.24, 2.45) is 0 Å². The minimum absolute atomic E-state index is 0.203. The summed E-state index contributed by atoms with van der Waals surface area (Å²) in [6.07, 6.45) is 5.15. The lowest BCUT2D eigenvalue weighted by Gasteiger charge is -2.19. The summed E-state index contributed by atoms with van der Waals surface area (Å²) in [4.78, 5) is 6.50. The molecule has 0 bridgehead atoms. The van der Waals surface area contributed by atoms with Crippen LogP contribution in [0.25, 0.3) is 11.1 Å². The van der Waals surface area contributed by atoms with E-state index in [1.807, 2.05) is 30.3 Å². The fourth-order valence-electron chi connectivity index (χ4n) is 3.36. The second-order valence-electron chi connectivity index (χ2n) is 7.19. The Bertz CT molecular complexity index is 1120. The highest BCUT2D eigenvalue weighted by Crippen LogP contribution is 2.32. The lowest BCUT2D eigenvalue weighted by atomic mass is 10.0. The number of aromatic nitrogens is 3. The number of furan rings is 1. The molecule has 31 heavy (non-hydrogen) atoms. The number of hydrogen-bond donors (Lipinski definition) is 0. The van der Waals surface area contributed by atoms with E-state index < -0.39 is 0 Å². The number of ether oxygens (including phenoxy) is 2. The van der Waals surface area contributed by atoms with Gasteiger partial charge in [0.25, 0.3) is 5.89 Å². The lowest BCUT2D eigenvalue weighted by Crippen LogP contribution is -2.17. The molecule has 0 aliphatic rings. The van der Waals surface area contributed by atoms with Crippen molar-refractivity contribution in [3.63, 3.8) is 0 Å². The number of methoxy groups -OCH3 is 1. The highest BCUT2D eigenvalue weighted by atomic mass is 16.5. The van der Waals surface area contributed by atoms with E-state index in [1.165, 1.54) is 0 Å². The lowest BCUT2D eigenvalue weighted by molar-refractivity contribution is 0.250. The molecule has 8 nitrogen and oxygen atoms in total. The van der Waals surface area contributed by atoms with Crippen molar-refractivity contribution >= 4 is 0 Å². The Morgan fingerprint density at radius 1 is 1.10 bits per heavy atom. The molecule has 4 rings (SSSR count). The number of aryl methyl sites for hydroxylation is 1. The Hall–Kier alpha value is -3.65. The van der Waals surface area contributed by atoms with Crippen LogP contribution in [0.15, 0.2) is 64.0 Å². The third-order valence-corrected chi connectivity index (χ3v) is 4.73. The molecule has 0 fully saturated rings. The van der Waals surface area contributed by atoms with Crippen LogP contribution in [0.1, 0.15) is 22.9 Å². The van der Waals surface area contributed by atoms with E-state index in [0.29, 0.717) is 24.2 Å². The Labute approximate surface area is 180 Å². The fraction of sp³-hybridized carbons (Fsp3) is 0.261. The van der Waals surface area contributed by atoms with Gasteiger partial charge in [0, 0.05) is 42.9 Å². The van der Waals surface area contributed by atoms with Crippen molar-refractivity contribution in [1.29, 1.82) is 0 Å². The number of nitrogens with zero attached hydrogens (tertiary/aromatic N) is 4. The first-order valence-electron chi connectivity index (χ1n) is 9.86. The molecule has 8 heteroatoms. The molecule has 0 saturated heterocycles. The minimum Gasteiger partial charge on any atom is -0.483 e. The van der Waals surface area contributed by atoms with Crippen LogP contribution in [0.3, 0.4) is 0 Å². The van der Waals surface area contributed by atoms with Crippen molar-refractivity contribution in [1.82, 2.24) is 20.1 Å². The zero-order valence-electron chi connectivity index (χ0n) is 17.7. The topological polar surface area (TPSA) is 86.7 Å². The average Bonchev–Trinajstić information content (AvgIpc) is 3.44. The van der Waals surface area contributed by atoms with Gasteiger partial charge in [0.2, 0.25) is 11.8 Å². The molecule has 3 heterocycles. The van der Waals surface area contributed by atoms with Crippen LogP contribution >= 0.6 is 0 Å². The Kier molecular flexibility index (Phi) is 6.28. The van der Waals surface area contributed by atoms with Crippen LogP contribution in [-0.4, -0.2) is 34.2 Å². The number of pyridine rings is 1. The van der Waals surface area contributed by atoms with Gasteiger partial charge in [0.1, 0.15) is 5.75 Å². The van der Waals surface area contributed by atoms with Crippen LogP contribution in [0.4, 0.5) is 0 Å². The van der Waals surface area contributed by atoms with Crippen molar-refractivity contribution in [2.75, 3.05) is 14.2 Å². The van der Waals surface area contributed by atoms with Crippen LogP contribution in [-0.2, 0) is 19.7 Å². The molecule has 0 spiro atoms. The summed E-state index contributed by atoms with van der Waals surface area (Å²) >= 11 is 0.